The van der Waals surface area contributed by atoms with E-state index in [1.54, 1.807) is 0 Å². The van der Waals surface area contributed by atoms with Gasteiger partial charge in [-0.2, -0.15) is 0 Å². The van der Waals surface area contributed by atoms with Gasteiger partial charge >= 0.3 is 0 Å². The second-order valence-electron chi connectivity index (χ2n) is 2.63. The molecule has 4 heteroatoms. The van der Waals surface area contributed by atoms with E-state index in [1.165, 1.54) is 0 Å². The van der Waals surface area contributed by atoms with Gasteiger partial charge in [0.05, 0.1) is 0 Å². The molecule has 0 aromatic rings. The van der Waals surface area contributed by atoms with E-state index in [0.717, 1.165) is 19.4 Å². The van der Waals surface area contributed by atoms with Crippen LogP contribution in [0.1, 0.15) is 33.6 Å². The lowest BCUT2D eigenvalue weighted by Gasteiger charge is -2.16. The Morgan fingerprint density at radius 3 is 2.25 bits per heavy atom. The monoisotopic (exact) mass is 172 g/mol. The molecule has 72 valence electrons. The van der Waals surface area contributed by atoms with Gasteiger partial charge in [-0.05, 0) is 19.8 Å². The highest BCUT2D eigenvalue weighted by atomic mass is 15.3. The number of rotatable bonds is 4. The Morgan fingerprint density at radius 2 is 1.92 bits per heavy atom. The highest BCUT2D eigenvalue weighted by Gasteiger charge is 2.03. The molecule has 0 aliphatic carbocycles. The van der Waals surface area contributed by atoms with Crippen molar-refractivity contribution < 1.29 is 0 Å². The van der Waals surface area contributed by atoms with Crippen molar-refractivity contribution in [1.82, 2.24) is 10.7 Å². The van der Waals surface area contributed by atoms with Crippen molar-refractivity contribution in [2.75, 3.05) is 6.54 Å². The van der Waals surface area contributed by atoms with Gasteiger partial charge in [-0.3, -0.25) is 10.4 Å². The molecule has 0 aromatic carbocycles. The number of hydrogen-bond acceptors (Lipinski definition) is 2. The van der Waals surface area contributed by atoms with Gasteiger partial charge in [-0.1, -0.05) is 13.8 Å². The van der Waals surface area contributed by atoms with E-state index in [-0.39, 0.29) is 0 Å². The summed E-state index contributed by atoms with van der Waals surface area (Å²) in [6, 6.07) is 0.464. The molecule has 4 N–H and O–H groups in total. The molecule has 0 spiro atoms. The zero-order valence-corrected chi connectivity index (χ0v) is 8.22. The average molecular weight is 172 g/mol. The van der Waals surface area contributed by atoms with Crippen LogP contribution >= 0.6 is 0 Å². The van der Waals surface area contributed by atoms with Gasteiger partial charge in [-0.15, -0.1) is 0 Å². The van der Waals surface area contributed by atoms with Gasteiger partial charge in [0.25, 0.3) is 0 Å². The normalized spacial score (nSPS) is 11.9. The zero-order valence-electron chi connectivity index (χ0n) is 8.22. The fraction of sp³-hybridized carbons (Fsp3) is 0.875. The lowest BCUT2D eigenvalue weighted by Crippen LogP contribution is -2.46. The van der Waals surface area contributed by atoms with Crippen LogP contribution in [0.25, 0.3) is 0 Å². The number of nitrogens with one attached hydrogen (secondary N) is 2. The summed E-state index contributed by atoms with van der Waals surface area (Å²) in [4.78, 5) is 4.15. The molecule has 0 saturated carbocycles. The van der Waals surface area contributed by atoms with E-state index < -0.39 is 0 Å². The summed E-state index contributed by atoms with van der Waals surface area (Å²) in [5.74, 6) is 5.96. The van der Waals surface area contributed by atoms with Crippen molar-refractivity contribution in [3.05, 3.63) is 0 Å². The third-order valence-corrected chi connectivity index (χ3v) is 1.78. The first-order valence-electron chi connectivity index (χ1n) is 4.56. The first-order chi connectivity index (χ1) is 5.78. The second-order valence-corrected chi connectivity index (χ2v) is 2.63. The quantitative estimate of drug-likeness (QED) is 0.252. The van der Waals surface area contributed by atoms with Crippen LogP contribution in [0.3, 0.4) is 0 Å². The Morgan fingerprint density at radius 1 is 1.33 bits per heavy atom. The number of hydrogen-bond donors (Lipinski definition) is 3. The van der Waals surface area contributed by atoms with Crippen molar-refractivity contribution in [3.8, 4) is 0 Å². The van der Waals surface area contributed by atoms with Crippen LogP contribution in [-0.4, -0.2) is 18.5 Å². The molecule has 4 nitrogen and oxygen atoms in total. The average Bonchev–Trinajstić information content (AvgIpc) is 2.12. The second kappa shape index (κ2) is 6.91. The number of hydrazine groups is 1. The third kappa shape index (κ3) is 4.18. The standard InChI is InChI=1S/C8H20N4/c1-4-7(5-2)11-8(12-9)10-6-3/h7H,4-6,9H2,1-3H3,(H2,10,11,12). The van der Waals surface area contributed by atoms with E-state index in [9.17, 15) is 0 Å². The van der Waals surface area contributed by atoms with Gasteiger partial charge in [-0.25, -0.2) is 5.84 Å². The van der Waals surface area contributed by atoms with E-state index in [1.807, 2.05) is 6.92 Å². The number of aliphatic imine (C=N–C) groups is 1. The van der Waals surface area contributed by atoms with Crippen LogP contribution in [0.5, 0.6) is 0 Å². The van der Waals surface area contributed by atoms with Crippen molar-refractivity contribution in [2.24, 2.45) is 10.8 Å². The lowest BCUT2D eigenvalue weighted by atomic mass is 10.2. The molecule has 0 saturated heterocycles. The zero-order chi connectivity index (χ0) is 9.40. The summed E-state index contributed by atoms with van der Waals surface area (Å²) in [6.07, 6.45) is 2.17. The summed E-state index contributed by atoms with van der Waals surface area (Å²) in [6.45, 7) is 7.00. The lowest BCUT2D eigenvalue weighted by molar-refractivity contribution is 0.559. The summed E-state index contributed by atoms with van der Waals surface area (Å²) in [5, 5.41) is 3.22. The predicted molar refractivity (Wildman–Crippen MR) is 52.8 cm³/mol. The van der Waals surface area contributed by atoms with Crippen LogP contribution in [0.2, 0.25) is 0 Å². The van der Waals surface area contributed by atoms with E-state index in [0.29, 0.717) is 12.0 Å². The number of guanidine groups is 1. The molecule has 0 fully saturated rings. The molecular formula is C8H20N4. The Kier molecular flexibility index (Phi) is 6.47. The van der Waals surface area contributed by atoms with Crippen molar-refractivity contribution in [2.45, 2.75) is 39.7 Å². The molecule has 0 radical (unpaired) electrons. The maximum atomic E-state index is 5.27. The van der Waals surface area contributed by atoms with Gasteiger partial charge in [0.2, 0.25) is 5.96 Å². The molecule has 12 heavy (non-hydrogen) atoms. The molecule has 0 aliphatic rings. The van der Waals surface area contributed by atoms with Crippen molar-refractivity contribution in [1.29, 1.82) is 0 Å². The smallest absolute Gasteiger partial charge is 0.205 e. The van der Waals surface area contributed by atoms with E-state index in [4.69, 9.17) is 5.84 Å². The minimum Gasteiger partial charge on any atom is -0.353 e. The fourth-order valence-electron chi connectivity index (χ4n) is 0.977. The third-order valence-electron chi connectivity index (χ3n) is 1.78. The summed E-state index contributed by atoms with van der Waals surface area (Å²) in [7, 11) is 0. The molecule has 0 amide bonds. The predicted octanol–water partition coefficient (Wildman–Crippen LogP) is 0.604. The Hall–Kier alpha value is -0.770. The Balaban J connectivity index is 3.91. The molecule has 0 unspecified atom stereocenters. The van der Waals surface area contributed by atoms with Crippen LogP contribution in [0.15, 0.2) is 4.99 Å². The molecule has 0 heterocycles. The summed E-state index contributed by atoms with van der Waals surface area (Å²) >= 11 is 0. The van der Waals surface area contributed by atoms with Gasteiger partial charge < -0.3 is 5.32 Å². The molecular weight excluding hydrogens is 152 g/mol. The van der Waals surface area contributed by atoms with E-state index >= 15 is 0 Å². The Bertz CT molecular complexity index is 129. The first-order valence-corrected chi connectivity index (χ1v) is 4.56. The maximum absolute atomic E-state index is 5.27. The largest absolute Gasteiger partial charge is 0.353 e. The number of nitrogens with zero attached hydrogens (tertiary/aromatic N) is 1. The molecule has 0 aromatic heterocycles. The molecule has 0 aliphatic heterocycles. The van der Waals surface area contributed by atoms with Crippen LogP contribution in [-0.2, 0) is 0 Å². The van der Waals surface area contributed by atoms with E-state index in [2.05, 4.69) is 29.6 Å². The topological polar surface area (TPSA) is 62.4 Å². The minimum atomic E-state index is 0.464. The molecule has 0 atom stereocenters. The van der Waals surface area contributed by atoms with Crippen LogP contribution < -0.4 is 16.6 Å². The van der Waals surface area contributed by atoms with Crippen LogP contribution in [0.4, 0.5) is 0 Å². The van der Waals surface area contributed by atoms with Gasteiger partial charge in [0.1, 0.15) is 0 Å². The SMILES string of the molecule is CCN=C(NN)NC(CC)CC. The fourth-order valence-corrected chi connectivity index (χ4v) is 0.977. The Labute approximate surface area is 74.6 Å². The van der Waals surface area contributed by atoms with Crippen LogP contribution in [0, 0.1) is 0 Å². The summed E-state index contributed by atoms with van der Waals surface area (Å²) in [5.41, 5.74) is 2.54. The highest BCUT2D eigenvalue weighted by molar-refractivity contribution is 5.79. The highest BCUT2D eigenvalue weighted by Crippen LogP contribution is 1.94. The summed E-state index contributed by atoms with van der Waals surface area (Å²) < 4.78 is 0. The van der Waals surface area contributed by atoms with Crippen molar-refractivity contribution >= 4 is 5.96 Å². The first kappa shape index (κ1) is 11.2. The molecule has 0 rings (SSSR count). The molecule has 0 bridgehead atoms. The minimum absolute atomic E-state index is 0.464. The number of nitrogens with two attached hydrogens (primary N) is 1. The van der Waals surface area contributed by atoms with Gasteiger partial charge in [0.15, 0.2) is 0 Å². The maximum Gasteiger partial charge on any atom is 0.205 e. The van der Waals surface area contributed by atoms with Gasteiger partial charge in [0, 0.05) is 12.6 Å². The van der Waals surface area contributed by atoms with Crippen molar-refractivity contribution in [3.63, 3.8) is 0 Å².